The van der Waals surface area contributed by atoms with Gasteiger partial charge in [0.25, 0.3) is 5.91 Å². The molecule has 0 saturated carbocycles. The summed E-state index contributed by atoms with van der Waals surface area (Å²) in [5.41, 5.74) is 0.873. The van der Waals surface area contributed by atoms with E-state index in [4.69, 9.17) is 4.74 Å². The van der Waals surface area contributed by atoms with Crippen LogP contribution in [0, 0.1) is 5.82 Å². The SMILES string of the molecule is O=C(Nc1cc(-c2nnc3n2CCCCC3)ccc1F)C1CNCCO1. The van der Waals surface area contributed by atoms with Crippen LogP contribution in [0.3, 0.4) is 0 Å². The standard InChI is InChI=1S/C18H22FN5O2/c19-13-6-5-12(17-23-22-16-4-2-1-3-8-24(16)17)10-14(13)21-18(25)15-11-20-7-9-26-15/h5-6,10,15,20H,1-4,7-9,11H2,(H,21,25). The molecule has 2 N–H and O–H groups in total. The summed E-state index contributed by atoms with van der Waals surface area (Å²) >= 11 is 0. The Morgan fingerprint density at radius 3 is 3.08 bits per heavy atom. The van der Waals surface area contributed by atoms with Crippen LogP contribution < -0.4 is 10.6 Å². The number of carbonyl (C=O) groups excluding carboxylic acids is 1. The van der Waals surface area contributed by atoms with E-state index in [2.05, 4.69) is 25.4 Å². The van der Waals surface area contributed by atoms with Crippen LogP contribution in [-0.2, 0) is 22.5 Å². The fraction of sp³-hybridized carbons (Fsp3) is 0.500. The van der Waals surface area contributed by atoms with Crippen LogP contribution in [0.2, 0.25) is 0 Å². The summed E-state index contributed by atoms with van der Waals surface area (Å²) in [6.07, 6.45) is 3.65. The summed E-state index contributed by atoms with van der Waals surface area (Å²) in [6.45, 7) is 2.46. The molecule has 1 fully saturated rings. The topological polar surface area (TPSA) is 81.1 Å². The van der Waals surface area contributed by atoms with E-state index in [0.717, 1.165) is 37.2 Å². The lowest BCUT2D eigenvalue weighted by Gasteiger charge is -2.22. The summed E-state index contributed by atoms with van der Waals surface area (Å²) < 4.78 is 21.7. The molecular weight excluding hydrogens is 337 g/mol. The summed E-state index contributed by atoms with van der Waals surface area (Å²) in [5, 5.41) is 14.3. The van der Waals surface area contributed by atoms with Gasteiger partial charge in [-0.1, -0.05) is 6.42 Å². The summed E-state index contributed by atoms with van der Waals surface area (Å²) in [4.78, 5) is 12.3. The lowest BCUT2D eigenvalue weighted by atomic mass is 10.1. The minimum atomic E-state index is -0.615. The van der Waals surface area contributed by atoms with Crippen molar-refractivity contribution in [2.75, 3.05) is 25.0 Å². The van der Waals surface area contributed by atoms with Gasteiger partial charge in [0.05, 0.1) is 12.3 Å². The van der Waals surface area contributed by atoms with E-state index < -0.39 is 11.9 Å². The second-order valence-corrected chi connectivity index (χ2v) is 6.65. The number of anilines is 1. The fourth-order valence-electron chi connectivity index (χ4n) is 3.41. The molecule has 8 heteroatoms. The number of hydrogen-bond donors (Lipinski definition) is 2. The van der Waals surface area contributed by atoms with E-state index >= 15 is 0 Å². The molecule has 2 aliphatic heterocycles. The summed E-state index contributed by atoms with van der Waals surface area (Å²) in [7, 11) is 0. The number of amides is 1. The van der Waals surface area contributed by atoms with Gasteiger partial charge in [0, 0.05) is 31.6 Å². The number of halogens is 1. The maximum atomic E-state index is 14.2. The van der Waals surface area contributed by atoms with E-state index in [1.165, 1.54) is 12.5 Å². The fourth-order valence-corrected chi connectivity index (χ4v) is 3.41. The third-order valence-electron chi connectivity index (χ3n) is 4.81. The Bertz CT molecular complexity index is 801. The molecule has 2 aromatic rings. The van der Waals surface area contributed by atoms with Crippen LogP contribution >= 0.6 is 0 Å². The van der Waals surface area contributed by atoms with Crippen molar-refractivity contribution in [3.8, 4) is 11.4 Å². The van der Waals surface area contributed by atoms with Gasteiger partial charge in [-0.15, -0.1) is 10.2 Å². The molecular formula is C18H22FN5O2. The van der Waals surface area contributed by atoms with Gasteiger partial charge in [-0.25, -0.2) is 4.39 Å². The summed E-state index contributed by atoms with van der Waals surface area (Å²) in [5.74, 6) is 0.844. The number of aromatic nitrogens is 3. The number of hydrogen-bond acceptors (Lipinski definition) is 5. The van der Waals surface area contributed by atoms with Gasteiger partial charge in [-0.3, -0.25) is 4.79 Å². The van der Waals surface area contributed by atoms with Crippen LogP contribution in [-0.4, -0.2) is 46.5 Å². The van der Waals surface area contributed by atoms with Crippen molar-refractivity contribution in [2.45, 2.75) is 38.3 Å². The Hall–Kier alpha value is -2.32. The maximum Gasteiger partial charge on any atom is 0.254 e. The Morgan fingerprint density at radius 1 is 1.31 bits per heavy atom. The van der Waals surface area contributed by atoms with E-state index in [-0.39, 0.29) is 11.6 Å². The van der Waals surface area contributed by atoms with Crippen LogP contribution in [0.15, 0.2) is 18.2 Å². The Labute approximate surface area is 150 Å². The van der Waals surface area contributed by atoms with Crippen LogP contribution in [0.5, 0.6) is 0 Å². The first-order valence-electron chi connectivity index (χ1n) is 9.07. The second-order valence-electron chi connectivity index (χ2n) is 6.65. The van der Waals surface area contributed by atoms with Gasteiger partial charge in [0.1, 0.15) is 17.7 Å². The third kappa shape index (κ3) is 3.47. The molecule has 1 amide bonds. The van der Waals surface area contributed by atoms with E-state index in [1.54, 1.807) is 12.1 Å². The normalized spacial score (nSPS) is 20.3. The Balaban J connectivity index is 1.58. The molecule has 7 nitrogen and oxygen atoms in total. The first-order chi connectivity index (χ1) is 12.7. The highest BCUT2D eigenvalue weighted by Gasteiger charge is 2.23. The lowest BCUT2D eigenvalue weighted by Crippen LogP contribution is -2.45. The van der Waals surface area contributed by atoms with Gasteiger partial charge >= 0.3 is 0 Å². The van der Waals surface area contributed by atoms with Crippen molar-refractivity contribution in [1.29, 1.82) is 0 Å². The van der Waals surface area contributed by atoms with Crippen molar-refractivity contribution in [2.24, 2.45) is 0 Å². The molecule has 0 bridgehead atoms. The van der Waals surface area contributed by atoms with E-state index in [1.807, 2.05) is 0 Å². The minimum absolute atomic E-state index is 0.132. The molecule has 4 rings (SSSR count). The monoisotopic (exact) mass is 359 g/mol. The van der Waals surface area contributed by atoms with Gasteiger partial charge < -0.3 is 19.9 Å². The first-order valence-corrected chi connectivity index (χ1v) is 9.07. The Kier molecular flexibility index (Phi) is 4.94. The van der Waals surface area contributed by atoms with Crippen LogP contribution in [0.1, 0.15) is 25.1 Å². The number of carbonyl (C=O) groups is 1. The molecule has 0 radical (unpaired) electrons. The lowest BCUT2D eigenvalue weighted by molar-refractivity contribution is -0.128. The van der Waals surface area contributed by atoms with Gasteiger partial charge in [-0.05, 0) is 31.0 Å². The smallest absolute Gasteiger partial charge is 0.254 e. The molecule has 1 atom stereocenters. The average Bonchev–Trinajstić information content (AvgIpc) is 2.92. The largest absolute Gasteiger partial charge is 0.366 e. The molecule has 26 heavy (non-hydrogen) atoms. The molecule has 2 aliphatic rings. The molecule has 1 aromatic heterocycles. The molecule has 138 valence electrons. The first kappa shape index (κ1) is 17.1. The highest BCUT2D eigenvalue weighted by Crippen LogP contribution is 2.26. The van der Waals surface area contributed by atoms with E-state index in [0.29, 0.717) is 25.5 Å². The zero-order valence-electron chi connectivity index (χ0n) is 14.5. The van der Waals surface area contributed by atoms with E-state index in [9.17, 15) is 9.18 Å². The Morgan fingerprint density at radius 2 is 2.23 bits per heavy atom. The summed E-state index contributed by atoms with van der Waals surface area (Å²) in [6, 6.07) is 4.64. The number of rotatable bonds is 3. The van der Waals surface area contributed by atoms with Crippen LogP contribution in [0.25, 0.3) is 11.4 Å². The van der Waals surface area contributed by atoms with Crippen molar-refractivity contribution in [3.63, 3.8) is 0 Å². The number of aryl methyl sites for hydroxylation is 1. The molecule has 0 spiro atoms. The van der Waals surface area contributed by atoms with Crippen LogP contribution in [0.4, 0.5) is 10.1 Å². The van der Waals surface area contributed by atoms with Crippen molar-refractivity contribution < 1.29 is 13.9 Å². The van der Waals surface area contributed by atoms with Gasteiger partial charge in [-0.2, -0.15) is 0 Å². The number of nitrogens with one attached hydrogen (secondary N) is 2. The molecule has 3 heterocycles. The van der Waals surface area contributed by atoms with Gasteiger partial charge in [0.15, 0.2) is 5.82 Å². The highest BCUT2D eigenvalue weighted by atomic mass is 19.1. The van der Waals surface area contributed by atoms with Crippen molar-refractivity contribution in [3.05, 3.63) is 29.8 Å². The van der Waals surface area contributed by atoms with Gasteiger partial charge in [0.2, 0.25) is 0 Å². The number of nitrogens with zero attached hydrogens (tertiary/aromatic N) is 3. The zero-order valence-corrected chi connectivity index (χ0v) is 14.5. The predicted molar refractivity (Wildman–Crippen MR) is 94.2 cm³/mol. The highest BCUT2D eigenvalue weighted by molar-refractivity contribution is 5.95. The number of fused-ring (bicyclic) bond motifs is 1. The number of benzene rings is 1. The average molecular weight is 359 g/mol. The molecule has 1 unspecified atom stereocenters. The zero-order chi connectivity index (χ0) is 17.9. The number of ether oxygens (including phenoxy) is 1. The maximum absolute atomic E-state index is 14.2. The molecule has 1 aromatic carbocycles. The molecule has 0 aliphatic carbocycles. The minimum Gasteiger partial charge on any atom is -0.366 e. The number of morpholine rings is 1. The third-order valence-corrected chi connectivity index (χ3v) is 4.81. The quantitative estimate of drug-likeness (QED) is 0.872. The molecule has 1 saturated heterocycles. The van der Waals surface area contributed by atoms with Crippen molar-refractivity contribution in [1.82, 2.24) is 20.1 Å². The predicted octanol–water partition coefficient (Wildman–Crippen LogP) is 1.74. The second kappa shape index (κ2) is 7.51. The van der Waals surface area contributed by atoms with Crippen molar-refractivity contribution >= 4 is 11.6 Å².